The van der Waals surface area contributed by atoms with Crippen molar-refractivity contribution in [1.29, 1.82) is 0 Å². The van der Waals surface area contributed by atoms with E-state index in [1.807, 2.05) is 55.5 Å². The zero-order chi connectivity index (χ0) is 17.4. The highest BCUT2D eigenvalue weighted by molar-refractivity contribution is 5.72. The lowest BCUT2D eigenvalue weighted by Crippen LogP contribution is -2.16. The number of methoxy groups -OCH3 is 1. The fraction of sp³-hybridized carbons (Fsp3) is 0.350. The second-order valence-electron chi connectivity index (χ2n) is 5.65. The molecule has 0 aliphatic rings. The lowest BCUT2D eigenvalue weighted by Gasteiger charge is -2.15. The van der Waals surface area contributed by atoms with Gasteiger partial charge in [0.25, 0.3) is 0 Å². The van der Waals surface area contributed by atoms with Crippen molar-refractivity contribution in [2.24, 2.45) is 0 Å². The number of esters is 1. The molecule has 1 unspecified atom stereocenters. The van der Waals surface area contributed by atoms with Crippen molar-refractivity contribution in [3.05, 3.63) is 54.1 Å². The second kappa shape index (κ2) is 9.08. The molecule has 0 bridgehead atoms. The number of aliphatic hydroxyl groups excluding tert-OH is 1. The van der Waals surface area contributed by atoms with Crippen LogP contribution in [0, 0.1) is 0 Å². The minimum atomic E-state index is -0.479. The van der Waals surface area contributed by atoms with E-state index in [4.69, 9.17) is 9.47 Å². The van der Waals surface area contributed by atoms with Crippen molar-refractivity contribution in [3.63, 3.8) is 0 Å². The lowest BCUT2D eigenvalue weighted by atomic mass is 10.00. The summed E-state index contributed by atoms with van der Waals surface area (Å²) in [5.74, 6) is 0.512. The smallest absolute Gasteiger partial charge is 0.305 e. The maximum Gasteiger partial charge on any atom is 0.305 e. The van der Waals surface area contributed by atoms with Crippen molar-refractivity contribution in [1.82, 2.24) is 0 Å². The van der Waals surface area contributed by atoms with Gasteiger partial charge in [-0.15, -0.1) is 0 Å². The van der Waals surface area contributed by atoms with E-state index in [2.05, 4.69) is 0 Å². The van der Waals surface area contributed by atoms with Crippen LogP contribution in [0.25, 0.3) is 11.1 Å². The standard InChI is InChI=1S/C20H24O4/c1-3-17(21)14-24-19-11-9-15(10-12-20(22)23-2)13-18(19)16-7-5-4-6-8-16/h4-9,11,13,17,21H,3,10,12,14H2,1-2H3. The molecule has 0 aliphatic carbocycles. The Hall–Kier alpha value is -2.33. The Morgan fingerprint density at radius 1 is 1.17 bits per heavy atom. The highest BCUT2D eigenvalue weighted by Gasteiger charge is 2.11. The first-order valence-corrected chi connectivity index (χ1v) is 8.20. The average Bonchev–Trinajstić information content (AvgIpc) is 2.65. The van der Waals surface area contributed by atoms with Crippen LogP contribution in [0.1, 0.15) is 25.3 Å². The molecule has 24 heavy (non-hydrogen) atoms. The van der Waals surface area contributed by atoms with Gasteiger partial charge in [0.05, 0.1) is 13.2 Å². The van der Waals surface area contributed by atoms with E-state index in [-0.39, 0.29) is 12.6 Å². The molecular formula is C20H24O4. The Balaban J connectivity index is 2.24. The predicted molar refractivity (Wildman–Crippen MR) is 94.0 cm³/mol. The van der Waals surface area contributed by atoms with Crippen molar-refractivity contribution in [3.8, 4) is 16.9 Å². The summed E-state index contributed by atoms with van der Waals surface area (Å²) in [6, 6.07) is 15.8. The normalized spacial score (nSPS) is 11.8. The summed E-state index contributed by atoms with van der Waals surface area (Å²) in [4.78, 5) is 11.3. The number of benzene rings is 2. The van der Waals surface area contributed by atoms with E-state index in [0.717, 1.165) is 22.4 Å². The summed E-state index contributed by atoms with van der Waals surface area (Å²) in [5, 5.41) is 9.73. The van der Waals surface area contributed by atoms with Crippen LogP contribution in [-0.4, -0.2) is 30.9 Å². The number of rotatable bonds is 8. The minimum Gasteiger partial charge on any atom is -0.490 e. The molecular weight excluding hydrogens is 304 g/mol. The molecule has 1 N–H and O–H groups in total. The molecule has 0 heterocycles. The third-order valence-electron chi connectivity index (χ3n) is 3.88. The van der Waals surface area contributed by atoms with Crippen LogP contribution in [0.2, 0.25) is 0 Å². The molecule has 0 saturated carbocycles. The minimum absolute atomic E-state index is 0.220. The molecule has 0 fully saturated rings. The van der Waals surface area contributed by atoms with Gasteiger partial charge < -0.3 is 14.6 Å². The Morgan fingerprint density at radius 2 is 1.92 bits per heavy atom. The molecule has 1 atom stereocenters. The topological polar surface area (TPSA) is 55.8 Å². The van der Waals surface area contributed by atoms with Crippen LogP contribution in [0.3, 0.4) is 0 Å². The van der Waals surface area contributed by atoms with Gasteiger partial charge in [-0.05, 0) is 36.1 Å². The highest BCUT2D eigenvalue weighted by atomic mass is 16.5. The molecule has 0 saturated heterocycles. The second-order valence-corrected chi connectivity index (χ2v) is 5.65. The molecule has 4 nitrogen and oxygen atoms in total. The molecule has 128 valence electrons. The summed E-state index contributed by atoms with van der Waals surface area (Å²) in [5.41, 5.74) is 3.04. The zero-order valence-electron chi connectivity index (χ0n) is 14.2. The molecule has 0 amide bonds. The molecule has 0 aliphatic heterocycles. The van der Waals surface area contributed by atoms with Crippen LogP contribution >= 0.6 is 0 Å². The fourth-order valence-electron chi connectivity index (χ4n) is 2.35. The van der Waals surface area contributed by atoms with Gasteiger partial charge in [-0.25, -0.2) is 0 Å². The van der Waals surface area contributed by atoms with E-state index in [9.17, 15) is 9.90 Å². The molecule has 2 aromatic rings. The van der Waals surface area contributed by atoms with Gasteiger partial charge in [0.1, 0.15) is 12.4 Å². The Kier molecular flexibility index (Phi) is 6.82. The van der Waals surface area contributed by atoms with Gasteiger partial charge in [-0.2, -0.15) is 0 Å². The Morgan fingerprint density at radius 3 is 2.58 bits per heavy atom. The molecule has 0 aromatic heterocycles. The first kappa shape index (κ1) is 18.0. The summed E-state index contributed by atoms with van der Waals surface area (Å²) in [6.07, 6.45) is 1.13. The van der Waals surface area contributed by atoms with Gasteiger partial charge >= 0.3 is 5.97 Å². The predicted octanol–water partition coefficient (Wildman–Crippen LogP) is 3.61. The Bertz CT molecular complexity index is 652. The summed E-state index contributed by atoms with van der Waals surface area (Å²) in [6.45, 7) is 2.18. The maximum atomic E-state index is 11.3. The van der Waals surface area contributed by atoms with Crippen molar-refractivity contribution >= 4 is 5.97 Å². The number of aryl methyl sites for hydroxylation is 1. The van der Waals surface area contributed by atoms with Crippen LogP contribution in [0.4, 0.5) is 0 Å². The number of carbonyl (C=O) groups excluding carboxylic acids is 1. The lowest BCUT2D eigenvalue weighted by molar-refractivity contribution is -0.140. The highest BCUT2D eigenvalue weighted by Crippen LogP contribution is 2.31. The van der Waals surface area contributed by atoms with Gasteiger partial charge in [0.15, 0.2) is 0 Å². The third kappa shape index (κ3) is 5.10. The van der Waals surface area contributed by atoms with Crippen LogP contribution in [0.5, 0.6) is 5.75 Å². The Labute approximate surface area is 143 Å². The van der Waals surface area contributed by atoms with Gasteiger partial charge in [-0.1, -0.05) is 43.3 Å². The van der Waals surface area contributed by atoms with Crippen molar-refractivity contribution < 1.29 is 19.4 Å². The number of carbonyl (C=O) groups is 1. The van der Waals surface area contributed by atoms with E-state index < -0.39 is 6.10 Å². The molecule has 2 aromatic carbocycles. The first-order valence-electron chi connectivity index (χ1n) is 8.20. The third-order valence-corrected chi connectivity index (χ3v) is 3.88. The quantitative estimate of drug-likeness (QED) is 0.752. The van der Waals surface area contributed by atoms with Crippen LogP contribution in [-0.2, 0) is 16.0 Å². The maximum absolute atomic E-state index is 11.3. The fourth-order valence-corrected chi connectivity index (χ4v) is 2.35. The van der Waals surface area contributed by atoms with E-state index >= 15 is 0 Å². The SMILES string of the molecule is CCC(O)COc1ccc(CCC(=O)OC)cc1-c1ccccc1. The molecule has 4 heteroatoms. The largest absolute Gasteiger partial charge is 0.490 e. The molecule has 0 spiro atoms. The van der Waals surface area contributed by atoms with E-state index in [1.54, 1.807) is 0 Å². The molecule has 0 radical (unpaired) electrons. The first-order chi connectivity index (χ1) is 11.6. The average molecular weight is 328 g/mol. The van der Waals surface area contributed by atoms with Gasteiger partial charge in [0, 0.05) is 12.0 Å². The number of aliphatic hydroxyl groups is 1. The molecule has 2 rings (SSSR count). The number of hydrogen-bond acceptors (Lipinski definition) is 4. The summed E-state index contributed by atoms with van der Waals surface area (Å²) < 4.78 is 10.5. The summed E-state index contributed by atoms with van der Waals surface area (Å²) >= 11 is 0. The number of hydrogen-bond donors (Lipinski definition) is 1. The number of ether oxygens (including phenoxy) is 2. The van der Waals surface area contributed by atoms with Crippen molar-refractivity contribution in [2.75, 3.05) is 13.7 Å². The van der Waals surface area contributed by atoms with E-state index in [0.29, 0.717) is 19.3 Å². The summed E-state index contributed by atoms with van der Waals surface area (Å²) in [7, 11) is 1.40. The van der Waals surface area contributed by atoms with Crippen LogP contribution in [0.15, 0.2) is 48.5 Å². The van der Waals surface area contributed by atoms with Crippen LogP contribution < -0.4 is 4.74 Å². The van der Waals surface area contributed by atoms with Crippen molar-refractivity contribution in [2.45, 2.75) is 32.3 Å². The monoisotopic (exact) mass is 328 g/mol. The van der Waals surface area contributed by atoms with Gasteiger partial charge in [0.2, 0.25) is 0 Å². The van der Waals surface area contributed by atoms with Gasteiger partial charge in [-0.3, -0.25) is 4.79 Å². The van der Waals surface area contributed by atoms with E-state index in [1.165, 1.54) is 7.11 Å². The zero-order valence-corrected chi connectivity index (χ0v) is 14.2.